The Morgan fingerprint density at radius 1 is 1.50 bits per heavy atom. The van der Waals surface area contributed by atoms with Gasteiger partial charge in [0.05, 0.1) is 0 Å². The molecule has 0 spiro atoms. The van der Waals surface area contributed by atoms with Crippen molar-refractivity contribution >= 4 is 14.1 Å². The summed E-state index contributed by atoms with van der Waals surface area (Å²) in [4.78, 5) is 10.3. The van der Waals surface area contributed by atoms with Gasteiger partial charge in [-0.2, -0.15) is 0 Å². The van der Waals surface area contributed by atoms with Crippen molar-refractivity contribution < 1.29 is 14.4 Å². The van der Waals surface area contributed by atoms with Crippen molar-refractivity contribution in [3.8, 4) is 5.75 Å². The second-order valence-electron chi connectivity index (χ2n) is 1.80. The number of halogens is 1. The third-order valence-electron chi connectivity index (χ3n) is 1.14. The maximum absolute atomic E-state index is 12.4. The number of hydrogen-bond donors (Lipinski definition) is 1. The zero-order valence-corrected chi connectivity index (χ0v) is 6.20. The van der Waals surface area contributed by atoms with Crippen LogP contribution in [0, 0.1) is 5.82 Å². The second kappa shape index (κ2) is 2.95. The molecule has 0 aliphatic carbocycles. The van der Waals surface area contributed by atoms with E-state index in [1.54, 1.807) is 0 Å². The maximum Gasteiger partial charge on any atom is 0.193 e. The van der Waals surface area contributed by atoms with E-state index in [-0.39, 0.29) is 5.30 Å². The molecule has 2 nitrogen and oxygen atoms in total. The van der Waals surface area contributed by atoms with Crippen LogP contribution in [0.1, 0.15) is 0 Å². The van der Waals surface area contributed by atoms with Gasteiger partial charge in [-0.25, -0.2) is 4.39 Å². The van der Waals surface area contributed by atoms with Crippen LogP contribution in [0.4, 0.5) is 4.39 Å². The number of aromatic hydroxyl groups is 1. The zero-order chi connectivity index (χ0) is 7.56. The fraction of sp³-hybridized carbons (Fsp3) is 0. The molecule has 4 heteroatoms. The molecular weight excluding hydrogens is 154 g/mol. The predicted octanol–water partition coefficient (Wildman–Crippen LogP) is -0.157. The van der Waals surface area contributed by atoms with Crippen LogP contribution in [0.5, 0.6) is 5.75 Å². The van der Waals surface area contributed by atoms with Gasteiger partial charge in [0.2, 0.25) is 0 Å². The Bertz CT molecular complexity index is 239. The van der Waals surface area contributed by atoms with Gasteiger partial charge in [-0.1, -0.05) is 6.07 Å². The average molecular weight is 160 g/mol. The Kier molecular flexibility index (Phi) is 2.20. The lowest BCUT2D eigenvalue weighted by Gasteiger charge is -1.98. The first-order valence-electron chi connectivity index (χ1n) is 2.68. The minimum Gasteiger partial charge on any atom is -0.679 e. The number of rotatable bonds is 1. The van der Waals surface area contributed by atoms with Crippen molar-refractivity contribution in [1.82, 2.24) is 0 Å². The third-order valence-corrected chi connectivity index (χ3v) is 1.86. The molecule has 0 amide bonds. The van der Waals surface area contributed by atoms with Gasteiger partial charge in [-0.15, -0.1) is 0 Å². The van der Waals surface area contributed by atoms with E-state index < -0.39 is 20.4 Å². The largest absolute Gasteiger partial charge is 0.679 e. The van der Waals surface area contributed by atoms with E-state index in [9.17, 15) is 9.28 Å². The highest BCUT2D eigenvalue weighted by Gasteiger charge is 2.05. The van der Waals surface area contributed by atoms with Crippen LogP contribution in [0.15, 0.2) is 18.2 Å². The Balaban J connectivity index is 3.14. The average Bonchev–Trinajstić information content (AvgIpc) is 1.95. The Morgan fingerprint density at radius 2 is 2.20 bits per heavy atom. The summed E-state index contributed by atoms with van der Waals surface area (Å²) in [6.45, 7) is 0. The van der Waals surface area contributed by atoms with Crippen molar-refractivity contribution in [3.05, 3.63) is 24.0 Å². The number of phenols is 1. The molecule has 0 radical (unpaired) electrons. The van der Waals surface area contributed by atoms with Crippen LogP contribution in [-0.4, -0.2) is 5.11 Å². The summed E-state index contributed by atoms with van der Waals surface area (Å²) >= 11 is 0. The molecule has 0 aliphatic rings. The number of benzene rings is 1. The van der Waals surface area contributed by atoms with E-state index in [0.29, 0.717) is 0 Å². The number of phenolic OH excluding ortho intramolecular Hbond substituents is 1. The van der Waals surface area contributed by atoms with Crippen LogP contribution in [0.2, 0.25) is 0 Å². The minimum atomic E-state index is -1.26. The topological polar surface area (TPSA) is 43.3 Å². The van der Waals surface area contributed by atoms with E-state index in [2.05, 4.69) is 0 Å². The van der Waals surface area contributed by atoms with Crippen LogP contribution in [0.25, 0.3) is 0 Å². The Morgan fingerprint density at radius 3 is 2.70 bits per heavy atom. The Hall–Kier alpha value is -0.660. The molecule has 1 N–H and O–H groups in total. The van der Waals surface area contributed by atoms with Gasteiger partial charge in [-0.3, -0.25) is 0 Å². The van der Waals surface area contributed by atoms with Crippen molar-refractivity contribution in [1.29, 1.82) is 0 Å². The zero-order valence-electron chi connectivity index (χ0n) is 5.04. The fourth-order valence-corrected chi connectivity index (χ4v) is 1.07. The molecule has 1 atom stereocenters. The summed E-state index contributed by atoms with van der Waals surface area (Å²) in [5.74, 6) is -1.21. The van der Waals surface area contributed by atoms with E-state index >= 15 is 0 Å². The van der Waals surface area contributed by atoms with Crippen LogP contribution < -0.4 is 10.2 Å². The normalized spacial score (nSPS) is 11.0. The van der Waals surface area contributed by atoms with Gasteiger partial charge >= 0.3 is 0 Å². The van der Waals surface area contributed by atoms with Crippen molar-refractivity contribution in [2.24, 2.45) is 0 Å². The highest BCUT2D eigenvalue weighted by atomic mass is 31.1. The summed E-state index contributed by atoms with van der Waals surface area (Å²) in [6.07, 6.45) is 0. The first-order valence-corrected chi connectivity index (χ1v) is 3.73. The molecular formula is C6H6FO2P. The molecule has 54 valence electrons. The van der Waals surface area contributed by atoms with Crippen LogP contribution >= 0.6 is 8.81 Å². The maximum atomic E-state index is 12.4. The monoisotopic (exact) mass is 160 g/mol. The smallest absolute Gasteiger partial charge is 0.193 e. The molecule has 0 aromatic heterocycles. The summed E-state index contributed by atoms with van der Waals surface area (Å²) in [5, 5.41) is 9.02. The summed E-state index contributed by atoms with van der Waals surface area (Å²) in [7, 11) is -1.26. The third kappa shape index (κ3) is 1.25. The predicted molar refractivity (Wildman–Crippen MR) is 37.4 cm³/mol. The highest BCUT2D eigenvalue weighted by molar-refractivity contribution is 7.39. The van der Waals surface area contributed by atoms with Crippen molar-refractivity contribution in [2.45, 2.75) is 0 Å². The fourth-order valence-electron chi connectivity index (χ4n) is 0.627. The lowest BCUT2D eigenvalue weighted by Crippen LogP contribution is -2.02. The first kappa shape index (κ1) is 7.45. The van der Waals surface area contributed by atoms with E-state index in [0.717, 1.165) is 6.07 Å². The van der Waals surface area contributed by atoms with Gasteiger partial charge in [0, 0.05) is 0 Å². The highest BCUT2D eigenvalue weighted by Crippen LogP contribution is 2.15. The molecule has 0 fully saturated rings. The number of para-hydroxylation sites is 1. The molecule has 1 aromatic carbocycles. The molecule has 1 unspecified atom stereocenters. The summed E-state index contributed by atoms with van der Waals surface area (Å²) in [5.41, 5.74) is 0. The van der Waals surface area contributed by atoms with Crippen molar-refractivity contribution in [2.75, 3.05) is 0 Å². The molecule has 0 saturated heterocycles. The molecule has 0 saturated carbocycles. The molecule has 0 heterocycles. The van der Waals surface area contributed by atoms with E-state index in [1.165, 1.54) is 12.1 Å². The van der Waals surface area contributed by atoms with Gasteiger partial charge in [0.25, 0.3) is 0 Å². The van der Waals surface area contributed by atoms with Crippen LogP contribution in [-0.2, 0) is 0 Å². The van der Waals surface area contributed by atoms with Crippen molar-refractivity contribution in [3.63, 3.8) is 0 Å². The molecule has 1 rings (SSSR count). The van der Waals surface area contributed by atoms with Gasteiger partial charge in [0.1, 0.15) is 5.30 Å². The van der Waals surface area contributed by atoms with E-state index in [4.69, 9.17) is 5.11 Å². The molecule has 10 heavy (non-hydrogen) atoms. The molecule has 1 aromatic rings. The lowest BCUT2D eigenvalue weighted by molar-refractivity contribution is -0.147. The number of hydrogen-bond acceptors (Lipinski definition) is 2. The summed E-state index contributed by atoms with van der Waals surface area (Å²) < 4.78 is 12.4. The van der Waals surface area contributed by atoms with Gasteiger partial charge in [0.15, 0.2) is 11.6 Å². The second-order valence-corrected chi connectivity index (χ2v) is 2.65. The standard InChI is InChI=1S/C6H6FO2P/c7-4-2-1-3-5(10-9)6(4)8/h1-3,8H,10H2. The SMILES string of the molecule is [O-][PH2+]c1cccc(F)c1O. The van der Waals surface area contributed by atoms with Gasteiger partial charge < -0.3 is 10.00 Å². The minimum absolute atomic E-state index is 0.181. The lowest BCUT2D eigenvalue weighted by atomic mass is 10.3. The van der Waals surface area contributed by atoms with Gasteiger partial charge in [-0.05, 0) is 20.9 Å². The van der Waals surface area contributed by atoms with Crippen LogP contribution in [0.3, 0.4) is 0 Å². The summed E-state index contributed by atoms with van der Waals surface area (Å²) in [6, 6.07) is 3.96. The molecule has 0 aliphatic heterocycles. The van der Waals surface area contributed by atoms with E-state index in [1.807, 2.05) is 0 Å². The molecule has 0 bridgehead atoms. The first-order chi connectivity index (χ1) is 4.75. The Labute approximate surface area is 59.2 Å². The quantitative estimate of drug-likeness (QED) is 0.580.